The predicted molar refractivity (Wildman–Crippen MR) is 110 cm³/mol. The first kappa shape index (κ1) is 18.8. The van der Waals surface area contributed by atoms with Crippen molar-refractivity contribution in [2.75, 3.05) is 25.6 Å². The van der Waals surface area contributed by atoms with Crippen molar-refractivity contribution < 1.29 is 14.6 Å². The van der Waals surface area contributed by atoms with E-state index in [0.29, 0.717) is 6.42 Å². The summed E-state index contributed by atoms with van der Waals surface area (Å²) < 4.78 is 5.61. The normalized spacial score (nSPS) is 21.2. The van der Waals surface area contributed by atoms with Crippen molar-refractivity contribution in [2.24, 2.45) is 5.92 Å². The number of aliphatic hydroxyl groups excluding tert-OH is 1. The largest absolute Gasteiger partial charge is 0.493 e. The highest BCUT2D eigenvalue weighted by Crippen LogP contribution is 2.39. The van der Waals surface area contributed by atoms with Gasteiger partial charge in [-0.1, -0.05) is 18.2 Å². The third-order valence-electron chi connectivity index (χ3n) is 5.83. The van der Waals surface area contributed by atoms with Gasteiger partial charge in [-0.2, -0.15) is 0 Å². The van der Waals surface area contributed by atoms with Crippen LogP contribution in [0.4, 0.5) is 5.69 Å². The highest BCUT2D eigenvalue weighted by atomic mass is 16.5. The molecule has 5 heteroatoms. The minimum Gasteiger partial charge on any atom is -0.493 e. The Morgan fingerprint density at radius 3 is 2.64 bits per heavy atom. The molecule has 148 valence electrons. The fraction of sp³-hybridized carbons (Fsp3) is 0.435. The van der Waals surface area contributed by atoms with Crippen LogP contribution in [0.15, 0.2) is 42.5 Å². The Morgan fingerprint density at radius 1 is 1.21 bits per heavy atom. The molecule has 1 unspecified atom stereocenters. The van der Waals surface area contributed by atoms with E-state index >= 15 is 0 Å². The molecule has 1 fully saturated rings. The molecular weight excluding hydrogens is 352 g/mol. The van der Waals surface area contributed by atoms with E-state index in [1.807, 2.05) is 55.4 Å². The van der Waals surface area contributed by atoms with Gasteiger partial charge in [0.25, 0.3) is 0 Å². The lowest BCUT2D eigenvalue weighted by Gasteiger charge is -2.38. The van der Waals surface area contributed by atoms with Crippen molar-refractivity contribution >= 4 is 11.6 Å². The molecule has 0 bridgehead atoms. The number of nitrogens with one attached hydrogen (secondary N) is 1. The lowest BCUT2D eigenvalue weighted by Crippen LogP contribution is -2.41. The lowest BCUT2D eigenvalue weighted by atomic mass is 9.74. The van der Waals surface area contributed by atoms with Crippen LogP contribution in [0.25, 0.3) is 0 Å². The molecule has 1 aliphatic carbocycles. The maximum absolute atomic E-state index is 12.8. The number of rotatable bonds is 6. The number of anilines is 1. The molecule has 2 aromatic carbocycles. The molecule has 1 amide bonds. The summed E-state index contributed by atoms with van der Waals surface area (Å²) in [5.41, 5.74) is 4.43. The van der Waals surface area contributed by atoms with Crippen LogP contribution in [0.5, 0.6) is 5.75 Å². The summed E-state index contributed by atoms with van der Waals surface area (Å²) in [6, 6.07) is 14.2. The van der Waals surface area contributed by atoms with Gasteiger partial charge in [-0.25, -0.2) is 0 Å². The van der Waals surface area contributed by atoms with Gasteiger partial charge in [-0.05, 0) is 59.7 Å². The fourth-order valence-corrected chi connectivity index (χ4v) is 4.10. The second kappa shape index (κ2) is 7.84. The highest BCUT2D eigenvalue weighted by Gasteiger charge is 2.36. The molecular formula is C23H28N2O3. The third kappa shape index (κ3) is 3.99. The zero-order chi connectivity index (χ0) is 19.7. The van der Waals surface area contributed by atoms with Crippen molar-refractivity contribution in [1.29, 1.82) is 0 Å². The van der Waals surface area contributed by atoms with E-state index in [2.05, 4.69) is 11.4 Å². The van der Waals surface area contributed by atoms with Gasteiger partial charge in [-0.15, -0.1) is 0 Å². The lowest BCUT2D eigenvalue weighted by molar-refractivity contribution is -0.122. The summed E-state index contributed by atoms with van der Waals surface area (Å²) in [5, 5.41) is 13.0. The molecule has 2 aliphatic rings. The maximum atomic E-state index is 12.8. The van der Waals surface area contributed by atoms with Crippen LogP contribution in [-0.2, 0) is 17.6 Å². The van der Waals surface area contributed by atoms with E-state index < -0.39 is 0 Å². The van der Waals surface area contributed by atoms with Crippen LogP contribution in [0.1, 0.15) is 35.6 Å². The summed E-state index contributed by atoms with van der Waals surface area (Å²) >= 11 is 0. The van der Waals surface area contributed by atoms with Crippen molar-refractivity contribution in [3.05, 3.63) is 59.2 Å². The van der Waals surface area contributed by atoms with Gasteiger partial charge in [-0.3, -0.25) is 4.79 Å². The van der Waals surface area contributed by atoms with Gasteiger partial charge >= 0.3 is 0 Å². The highest BCUT2D eigenvalue weighted by molar-refractivity contribution is 5.79. The molecule has 5 nitrogen and oxygen atoms in total. The smallest absolute Gasteiger partial charge is 0.224 e. The molecule has 0 radical (unpaired) electrons. The molecule has 0 spiro atoms. The van der Waals surface area contributed by atoms with Crippen molar-refractivity contribution in [1.82, 2.24) is 5.32 Å². The SMILES string of the molecule is CN(C)c1ccc(CC(=O)NC(c2ccc3c(c2)CCO3)C2CC(O)C2)cc1. The van der Waals surface area contributed by atoms with Crippen LogP contribution in [0, 0.1) is 5.92 Å². The van der Waals surface area contributed by atoms with Crippen LogP contribution in [-0.4, -0.2) is 37.8 Å². The van der Waals surface area contributed by atoms with Crippen molar-refractivity contribution in [2.45, 2.75) is 37.8 Å². The Hall–Kier alpha value is -2.53. The van der Waals surface area contributed by atoms with E-state index in [1.165, 1.54) is 5.56 Å². The first-order valence-corrected chi connectivity index (χ1v) is 9.99. The number of benzene rings is 2. The van der Waals surface area contributed by atoms with Gasteiger partial charge in [0.05, 0.1) is 25.2 Å². The Morgan fingerprint density at radius 2 is 1.96 bits per heavy atom. The van der Waals surface area contributed by atoms with Gasteiger partial charge < -0.3 is 20.1 Å². The standard InChI is InChI=1S/C23H28N2O3/c1-25(2)19-6-3-15(4-7-19)11-22(27)24-23(18-13-20(26)14-18)17-5-8-21-16(12-17)9-10-28-21/h3-8,12,18,20,23,26H,9-11,13-14H2,1-2H3,(H,24,27). The topological polar surface area (TPSA) is 61.8 Å². The zero-order valence-electron chi connectivity index (χ0n) is 16.5. The molecule has 28 heavy (non-hydrogen) atoms. The fourth-order valence-electron chi connectivity index (χ4n) is 4.10. The number of carbonyl (C=O) groups excluding carboxylic acids is 1. The molecule has 1 saturated carbocycles. The van der Waals surface area contributed by atoms with E-state index in [-0.39, 0.29) is 24.0 Å². The predicted octanol–water partition coefficient (Wildman–Crippen LogP) is 2.86. The Bertz CT molecular complexity index is 841. The van der Waals surface area contributed by atoms with Gasteiger partial charge in [0.2, 0.25) is 5.91 Å². The minimum absolute atomic E-state index is 0.0146. The number of ether oxygens (including phenoxy) is 1. The first-order valence-electron chi connectivity index (χ1n) is 9.99. The molecule has 0 saturated heterocycles. The number of aliphatic hydroxyl groups is 1. The van der Waals surface area contributed by atoms with E-state index in [4.69, 9.17) is 4.74 Å². The summed E-state index contributed by atoms with van der Waals surface area (Å²) in [6.07, 6.45) is 2.48. The van der Waals surface area contributed by atoms with E-state index in [9.17, 15) is 9.90 Å². The summed E-state index contributed by atoms with van der Waals surface area (Å²) in [4.78, 5) is 14.8. The molecule has 2 N–H and O–H groups in total. The molecule has 0 aromatic heterocycles. The summed E-state index contributed by atoms with van der Waals surface area (Å²) in [6.45, 7) is 0.723. The third-order valence-corrected chi connectivity index (χ3v) is 5.83. The molecule has 1 heterocycles. The van der Waals surface area contributed by atoms with Gasteiger partial charge in [0, 0.05) is 26.2 Å². The second-order valence-corrected chi connectivity index (χ2v) is 8.13. The minimum atomic E-state index is -0.249. The number of amides is 1. The van der Waals surface area contributed by atoms with Crippen molar-refractivity contribution in [3.8, 4) is 5.75 Å². The van der Waals surface area contributed by atoms with Gasteiger partial charge in [0.15, 0.2) is 0 Å². The quantitative estimate of drug-likeness (QED) is 0.809. The average molecular weight is 380 g/mol. The van der Waals surface area contributed by atoms with Gasteiger partial charge in [0.1, 0.15) is 5.75 Å². The zero-order valence-corrected chi connectivity index (χ0v) is 16.5. The Kier molecular flexibility index (Phi) is 5.27. The van der Waals surface area contributed by atoms with E-state index in [1.54, 1.807) is 0 Å². The van der Waals surface area contributed by atoms with Crippen LogP contribution >= 0.6 is 0 Å². The molecule has 1 aliphatic heterocycles. The molecule has 2 aromatic rings. The number of fused-ring (bicyclic) bond motifs is 1. The van der Waals surface area contributed by atoms with Crippen molar-refractivity contribution in [3.63, 3.8) is 0 Å². The Balaban J connectivity index is 1.47. The number of nitrogens with zero attached hydrogens (tertiary/aromatic N) is 1. The molecule has 4 rings (SSSR count). The number of carbonyl (C=O) groups is 1. The number of hydrogen-bond acceptors (Lipinski definition) is 4. The summed E-state index contributed by atoms with van der Waals surface area (Å²) in [7, 11) is 4.00. The van der Waals surface area contributed by atoms with E-state index in [0.717, 1.165) is 48.4 Å². The van der Waals surface area contributed by atoms with Crippen LogP contribution < -0.4 is 15.0 Å². The van der Waals surface area contributed by atoms with Crippen LogP contribution in [0.3, 0.4) is 0 Å². The summed E-state index contributed by atoms with van der Waals surface area (Å²) in [5.74, 6) is 1.24. The first-order chi connectivity index (χ1) is 13.5. The Labute approximate surface area is 166 Å². The second-order valence-electron chi connectivity index (χ2n) is 8.13. The maximum Gasteiger partial charge on any atom is 0.224 e. The monoisotopic (exact) mass is 380 g/mol. The molecule has 1 atom stereocenters. The van der Waals surface area contributed by atoms with Crippen LogP contribution in [0.2, 0.25) is 0 Å². The number of hydrogen-bond donors (Lipinski definition) is 2. The average Bonchev–Trinajstić information content (AvgIpc) is 3.12.